The largest absolute Gasteiger partial charge is 0.458 e. The number of carbonyl (C=O) groups is 3. The molecule has 0 spiro atoms. The van der Waals surface area contributed by atoms with Crippen LogP contribution in [0.3, 0.4) is 0 Å². The minimum Gasteiger partial charge on any atom is -0.458 e. The molecular weight excluding hydrogens is 320 g/mol. The van der Waals surface area contributed by atoms with Gasteiger partial charge in [-0.1, -0.05) is 50.6 Å². The molecule has 6 nitrogen and oxygen atoms in total. The number of halogens is 1. The number of ketones is 1. The monoisotopic (exact) mass is 340 g/mol. The molecule has 126 valence electrons. The molecule has 23 heavy (non-hydrogen) atoms. The van der Waals surface area contributed by atoms with Crippen LogP contribution >= 0.6 is 11.6 Å². The van der Waals surface area contributed by atoms with E-state index in [1.807, 2.05) is 0 Å². The molecule has 0 fully saturated rings. The van der Waals surface area contributed by atoms with Crippen LogP contribution in [0.15, 0.2) is 24.3 Å². The SMILES string of the molecule is CC(C)(C)C(=O)COC(=O)CC(NC(N)=O)c1ccccc1Cl. The van der Waals surface area contributed by atoms with Crippen molar-refractivity contribution in [1.82, 2.24) is 5.32 Å². The molecule has 1 atom stereocenters. The van der Waals surface area contributed by atoms with E-state index in [2.05, 4.69) is 5.32 Å². The molecule has 0 saturated heterocycles. The van der Waals surface area contributed by atoms with Crippen LogP contribution in [-0.4, -0.2) is 24.4 Å². The molecule has 0 bridgehead atoms. The topological polar surface area (TPSA) is 98.5 Å². The third kappa shape index (κ3) is 6.28. The Bertz CT molecular complexity index is 596. The maximum atomic E-state index is 11.9. The molecule has 0 aliphatic heterocycles. The van der Waals surface area contributed by atoms with Gasteiger partial charge in [0, 0.05) is 10.4 Å². The summed E-state index contributed by atoms with van der Waals surface area (Å²) < 4.78 is 4.98. The normalized spacial score (nSPS) is 12.3. The predicted molar refractivity (Wildman–Crippen MR) is 87.0 cm³/mol. The lowest BCUT2D eigenvalue weighted by atomic mass is 9.91. The highest BCUT2D eigenvalue weighted by Gasteiger charge is 2.24. The smallest absolute Gasteiger partial charge is 0.312 e. The summed E-state index contributed by atoms with van der Waals surface area (Å²) in [5, 5.41) is 2.85. The second-order valence-electron chi connectivity index (χ2n) is 6.12. The van der Waals surface area contributed by atoms with Crippen molar-refractivity contribution in [2.24, 2.45) is 11.1 Å². The van der Waals surface area contributed by atoms with Crippen molar-refractivity contribution in [2.45, 2.75) is 33.2 Å². The molecule has 7 heteroatoms. The van der Waals surface area contributed by atoms with Gasteiger partial charge in [-0.05, 0) is 11.6 Å². The van der Waals surface area contributed by atoms with Gasteiger partial charge in [0.15, 0.2) is 12.4 Å². The first kappa shape index (κ1) is 19.0. The third-order valence-electron chi connectivity index (χ3n) is 3.17. The molecule has 3 N–H and O–H groups in total. The van der Waals surface area contributed by atoms with Gasteiger partial charge in [0.2, 0.25) is 0 Å². The summed E-state index contributed by atoms with van der Waals surface area (Å²) in [6.07, 6.45) is -0.176. The zero-order valence-corrected chi connectivity index (χ0v) is 14.1. The number of rotatable bonds is 6. The fraction of sp³-hybridized carbons (Fsp3) is 0.438. The maximum Gasteiger partial charge on any atom is 0.312 e. The van der Waals surface area contributed by atoms with E-state index in [-0.39, 0.29) is 18.8 Å². The first-order valence-corrected chi connectivity index (χ1v) is 7.48. The van der Waals surface area contributed by atoms with Crippen molar-refractivity contribution in [3.05, 3.63) is 34.9 Å². The molecule has 1 unspecified atom stereocenters. The second kappa shape index (κ2) is 7.97. The first-order valence-electron chi connectivity index (χ1n) is 7.10. The average Bonchev–Trinajstić information content (AvgIpc) is 2.43. The summed E-state index contributed by atoms with van der Waals surface area (Å²) in [4.78, 5) is 34.8. The van der Waals surface area contributed by atoms with Crippen LogP contribution in [0, 0.1) is 5.41 Å². The number of nitrogens with one attached hydrogen (secondary N) is 1. The Morgan fingerprint density at radius 2 is 1.87 bits per heavy atom. The van der Waals surface area contributed by atoms with E-state index in [1.54, 1.807) is 45.0 Å². The number of hydrogen-bond donors (Lipinski definition) is 2. The van der Waals surface area contributed by atoms with Crippen LogP contribution < -0.4 is 11.1 Å². The number of primary amides is 1. The van der Waals surface area contributed by atoms with E-state index in [4.69, 9.17) is 22.1 Å². The minimum atomic E-state index is -0.784. The lowest BCUT2D eigenvalue weighted by Gasteiger charge is -2.19. The number of hydrogen-bond acceptors (Lipinski definition) is 4. The molecule has 0 aliphatic rings. The highest BCUT2D eigenvalue weighted by atomic mass is 35.5. The van der Waals surface area contributed by atoms with Crippen LogP contribution in [0.25, 0.3) is 0 Å². The number of urea groups is 1. The number of nitrogens with two attached hydrogens (primary N) is 1. The fourth-order valence-corrected chi connectivity index (χ4v) is 2.02. The van der Waals surface area contributed by atoms with E-state index < -0.39 is 23.5 Å². The Morgan fingerprint density at radius 3 is 2.39 bits per heavy atom. The number of ether oxygens (including phenoxy) is 1. The van der Waals surface area contributed by atoms with Crippen molar-refractivity contribution < 1.29 is 19.1 Å². The molecule has 1 rings (SSSR count). The van der Waals surface area contributed by atoms with Crippen molar-refractivity contribution in [3.8, 4) is 0 Å². The lowest BCUT2D eigenvalue weighted by Crippen LogP contribution is -2.35. The van der Waals surface area contributed by atoms with Gasteiger partial charge in [0.25, 0.3) is 0 Å². The molecular formula is C16H21ClN2O4. The van der Waals surface area contributed by atoms with Gasteiger partial charge in [-0.2, -0.15) is 0 Å². The molecule has 1 aromatic carbocycles. The zero-order valence-electron chi connectivity index (χ0n) is 13.4. The number of Topliss-reactive ketones (excluding diaryl/α,β-unsaturated/α-hetero) is 1. The minimum absolute atomic E-state index is 0.176. The van der Waals surface area contributed by atoms with Gasteiger partial charge >= 0.3 is 12.0 Å². The van der Waals surface area contributed by atoms with Crippen LogP contribution in [0.2, 0.25) is 5.02 Å². The number of esters is 1. The molecule has 2 amide bonds. The van der Waals surface area contributed by atoms with Gasteiger partial charge in [-0.25, -0.2) is 4.79 Å². The number of amides is 2. The predicted octanol–water partition coefficient (Wildman–Crippen LogP) is 2.60. The van der Waals surface area contributed by atoms with E-state index >= 15 is 0 Å². The molecule has 1 aromatic rings. The quantitative estimate of drug-likeness (QED) is 0.777. The molecule has 0 radical (unpaired) electrons. The highest BCUT2D eigenvalue weighted by Crippen LogP contribution is 2.25. The number of benzene rings is 1. The van der Waals surface area contributed by atoms with Crippen LogP contribution in [0.5, 0.6) is 0 Å². The summed E-state index contributed by atoms with van der Waals surface area (Å²) in [6, 6.07) is 5.27. The summed E-state index contributed by atoms with van der Waals surface area (Å²) in [6.45, 7) is 4.91. The van der Waals surface area contributed by atoms with Gasteiger partial charge in [0.05, 0.1) is 12.5 Å². The Kier molecular flexibility index (Phi) is 6.57. The fourth-order valence-electron chi connectivity index (χ4n) is 1.76. The Labute approximate surface area is 140 Å². The van der Waals surface area contributed by atoms with E-state index in [1.165, 1.54) is 0 Å². The summed E-state index contributed by atoms with van der Waals surface area (Å²) in [7, 11) is 0. The molecule has 0 saturated carbocycles. The van der Waals surface area contributed by atoms with Gasteiger partial charge < -0.3 is 15.8 Å². The standard InChI is InChI=1S/C16H21ClN2O4/c1-16(2,3)13(20)9-23-14(21)8-12(19-15(18)22)10-6-4-5-7-11(10)17/h4-7,12H,8-9H2,1-3H3,(H3,18,19,22). The van der Waals surface area contributed by atoms with Crippen molar-refractivity contribution >= 4 is 29.4 Å². The highest BCUT2D eigenvalue weighted by molar-refractivity contribution is 6.31. The average molecular weight is 341 g/mol. The Balaban J connectivity index is 2.75. The molecule has 0 aromatic heterocycles. The van der Waals surface area contributed by atoms with E-state index in [9.17, 15) is 14.4 Å². The second-order valence-corrected chi connectivity index (χ2v) is 6.53. The van der Waals surface area contributed by atoms with E-state index in [0.717, 1.165) is 0 Å². The van der Waals surface area contributed by atoms with E-state index in [0.29, 0.717) is 10.6 Å². The van der Waals surface area contributed by atoms with Crippen LogP contribution in [0.1, 0.15) is 38.8 Å². The van der Waals surface area contributed by atoms with Crippen molar-refractivity contribution in [2.75, 3.05) is 6.61 Å². The number of carbonyl (C=O) groups excluding carboxylic acids is 3. The Morgan fingerprint density at radius 1 is 1.26 bits per heavy atom. The summed E-state index contributed by atoms with van der Waals surface area (Å²) >= 11 is 6.07. The maximum absolute atomic E-state index is 11.9. The van der Waals surface area contributed by atoms with Crippen molar-refractivity contribution in [3.63, 3.8) is 0 Å². The third-order valence-corrected chi connectivity index (χ3v) is 3.51. The summed E-state index contributed by atoms with van der Waals surface area (Å²) in [5.41, 5.74) is 5.10. The first-order chi connectivity index (χ1) is 10.6. The summed E-state index contributed by atoms with van der Waals surface area (Å²) in [5.74, 6) is -0.815. The van der Waals surface area contributed by atoms with Gasteiger partial charge in [-0.15, -0.1) is 0 Å². The van der Waals surface area contributed by atoms with Crippen LogP contribution in [0.4, 0.5) is 4.79 Å². The van der Waals surface area contributed by atoms with Gasteiger partial charge in [0.1, 0.15) is 0 Å². The Hall–Kier alpha value is -2.08. The van der Waals surface area contributed by atoms with Crippen molar-refractivity contribution in [1.29, 1.82) is 0 Å². The van der Waals surface area contributed by atoms with Gasteiger partial charge in [-0.3, -0.25) is 9.59 Å². The lowest BCUT2D eigenvalue weighted by molar-refractivity contribution is -0.150. The molecule has 0 aliphatic carbocycles. The van der Waals surface area contributed by atoms with Crippen LogP contribution in [-0.2, 0) is 14.3 Å². The zero-order chi connectivity index (χ0) is 17.6. The molecule has 0 heterocycles.